The Morgan fingerprint density at radius 2 is 0.829 bits per heavy atom. The highest BCUT2D eigenvalue weighted by Crippen LogP contribution is 2.49. The van der Waals surface area contributed by atoms with Gasteiger partial charge < -0.3 is 0 Å². The molecule has 2 aromatic carbocycles. The van der Waals surface area contributed by atoms with Gasteiger partial charge in [-0.1, -0.05) is 118 Å². The molecule has 0 saturated heterocycles. The van der Waals surface area contributed by atoms with E-state index in [9.17, 15) is 26.3 Å². The van der Waals surface area contributed by atoms with E-state index in [0.29, 0.717) is 5.41 Å². The molecule has 1 aliphatic carbocycles. The van der Waals surface area contributed by atoms with Gasteiger partial charge in [0.2, 0.25) is 0 Å². The Morgan fingerprint density at radius 3 is 1.03 bits per heavy atom. The standard InChI is InChI=1S/C15H14.C5H6F6.C5H12.C3H8.CH4/c1-15(2)13-9-5-3-7-11(13)12-8-4-6-10-14(12)15;1-3(2,4(6,7)8)5(9,10)11;1-5(2,3)4;1-3-2;/h3-10H,1-2H3;1-2H3;1-4H3;3H2,1-2H3;1H4. The van der Waals surface area contributed by atoms with Gasteiger partial charge in [0.05, 0.1) is 0 Å². The van der Waals surface area contributed by atoms with Crippen molar-refractivity contribution < 1.29 is 26.3 Å². The van der Waals surface area contributed by atoms with Gasteiger partial charge >= 0.3 is 12.4 Å². The first-order valence-electron chi connectivity index (χ1n) is 11.5. The molecule has 0 unspecified atom stereocenters. The van der Waals surface area contributed by atoms with Gasteiger partial charge in [0, 0.05) is 5.41 Å². The van der Waals surface area contributed by atoms with E-state index in [0.717, 1.165) is 0 Å². The third-order valence-corrected chi connectivity index (χ3v) is 4.91. The van der Waals surface area contributed by atoms with Crippen LogP contribution in [-0.4, -0.2) is 12.4 Å². The zero-order valence-electron chi connectivity index (χ0n) is 22.1. The summed E-state index contributed by atoms with van der Waals surface area (Å²) in [5, 5.41) is 0. The molecule has 0 heterocycles. The molecule has 0 nitrogen and oxygen atoms in total. The van der Waals surface area contributed by atoms with Gasteiger partial charge in [-0.05, 0) is 41.5 Å². The molecule has 0 bridgehead atoms. The van der Waals surface area contributed by atoms with Crippen molar-refractivity contribution in [1.82, 2.24) is 0 Å². The normalized spacial score (nSPS) is 13.8. The van der Waals surface area contributed by atoms with Crippen molar-refractivity contribution in [2.24, 2.45) is 10.8 Å². The second kappa shape index (κ2) is 12.8. The predicted molar refractivity (Wildman–Crippen MR) is 138 cm³/mol. The van der Waals surface area contributed by atoms with Crippen molar-refractivity contribution in [2.45, 2.75) is 101 Å². The second-order valence-electron chi connectivity index (χ2n) is 11.0. The largest absolute Gasteiger partial charge is 0.402 e. The first-order chi connectivity index (χ1) is 15.1. The van der Waals surface area contributed by atoms with E-state index in [1.54, 1.807) is 0 Å². The summed E-state index contributed by atoms with van der Waals surface area (Å²) in [6.45, 7) is 17.8. The van der Waals surface area contributed by atoms with E-state index in [2.05, 4.69) is 104 Å². The number of rotatable bonds is 0. The minimum atomic E-state index is -5.24. The van der Waals surface area contributed by atoms with Crippen LogP contribution in [0, 0.1) is 10.8 Å². The van der Waals surface area contributed by atoms with Crippen LogP contribution in [0.25, 0.3) is 11.1 Å². The summed E-state index contributed by atoms with van der Waals surface area (Å²) in [5.41, 5.74) is 2.74. The number of fused-ring (bicyclic) bond motifs is 3. The van der Waals surface area contributed by atoms with Gasteiger partial charge in [0.1, 0.15) is 0 Å². The van der Waals surface area contributed by atoms with E-state index in [1.165, 1.54) is 28.7 Å². The molecule has 35 heavy (non-hydrogen) atoms. The molecule has 0 spiro atoms. The lowest BCUT2D eigenvalue weighted by molar-refractivity contribution is -0.327. The molecule has 6 heteroatoms. The van der Waals surface area contributed by atoms with Crippen LogP contribution in [0.2, 0.25) is 0 Å². The third kappa shape index (κ3) is 9.89. The zero-order chi connectivity index (χ0) is 27.2. The van der Waals surface area contributed by atoms with Crippen molar-refractivity contribution in [2.75, 3.05) is 0 Å². The fourth-order valence-corrected chi connectivity index (χ4v) is 2.83. The Bertz CT molecular complexity index is 812. The molecule has 2 aromatic rings. The molecule has 0 radical (unpaired) electrons. The van der Waals surface area contributed by atoms with Crippen molar-refractivity contribution in [3.8, 4) is 11.1 Å². The topological polar surface area (TPSA) is 0 Å². The molecular formula is C29H44F6. The molecule has 0 aromatic heterocycles. The maximum Gasteiger partial charge on any atom is 0.402 e. The molecule has 0 saturated carbocycles. The smallest absolute Gasteiger partial charge is 0.170 e. The van der Waals surface area contributed by atoms with Gasteiger partial charge in [-0.2, -0.15) is 26.3 Å². The van der Waals surface area contributed by atoms with E-state index in [4.69, 9.17) is 0 Å². The quantitative estimate of drug-likeness (QED) is 0.312. The molecule has 3 rings (SSSR count). The van der Waals surface area contributed by atoms with Crippen molar-refractivity contribution in [1.29, 1.82) is 0 Å². The summed E-state index contributed by atoms with van der Waals surface area (Å²) in [6, 6.07) is 17.4. The first-order valence-corrected chi connectivity index (χ1v) is 11.5. The summed E-state index contributed by atoms with van der Waals surface area (Å²) in [7, 11) is 0. The van der Waals surface area contributed by atoms with Gasteiger partial charge in [-0.15, -0.1) is 0 Å². The van der Waals surface area contributed by atoms with Crippen LogP contribution in [0.1, 0.15) is 94.2 Å². The Labute approximate surface area is 209 Å². The van der Waals surface area contributed by atoms with Gasteiger partial charge in [-0.25, -0.2) is 0 Å². The average Bonchev–Trinajstić information content (AvgIpc) is 2.88. The second-order valence-corrected chi connectivity index (χ2v) is 11.0. The monoisotopic (exact) mass is 506 g/mol. The lowest BCUT2D eigenvalue weighted by atomic mass is 9.82. The maximum absolute atomic E-state index is 11.6. The molecule has 0 aliphatic heterocycles. The van der Waals surface area contributed by atoms with E-state index in [-0.39, 0.29) is 26.7 Å². The van der Waals surface area contributed by atoms with Crippen molar-refractivity contribution in [3.05, 3.63) is 59.7 Å². The molecule has 0 atom stereocenters. The minimum Gasteiger partial charge on any atom is -0.170 e. The van der Waals surface area contributed by atoms with Crippen molar-refractivity contribution in [3.63, 3.8) is 0 Å². The van der Waals surface area contributed by atoms with Gasteiger partial charge in [-0.3, -0.25) is 0 Å². The lowest BCUT2D eigenvalue weighted by Gasteiger charge is -2.29. The summed E-state index contributed by atoms with van der Waals surface area (Å²) in [5.74, 6) is 0. The summed E-state index contributed by atoms with van der Waals surface area (Å²) in [4.78, 5) is 0. The van der Waals surface area contributed by atoms with Crippen LogP contribution < -0.4 is 0 Å². The summed E-state index contributed by atoms with van der Waals surface area (Å²) in [6.07, 6.45) is -9.24. The van der Waals surface area contributed by atoms with Crippen LogP contribution in [0.3, 0.4) is 0 Å². The maximum atomic E-state index is 11.6. The molecule has 0 amide bonds. The average molecular weight is 507 g/mol. The van der Waals surface area contributed by atoms with Crippen LogP contribution >= 0.6 is 0 Å². The highest BCUT2D eigenvalue weighted by atomic mass is 19.4. The molecule has 202 valence electrons. The molecule has 1 aliphatic rings. The first kappa shape index (κ1) is 35.2. The number of benzene rings is 2. The fraction of sp³-hybridized carbons (Fsp3) is 0.586. The summed E-state index contributed by atoms with van der Waals surface area (Å²) >= 11 is 0. The SMILES string of the molecule is C.CC(C)(C(F)(F)F)C(F)(F)F.CC(C)(C)C.CC1(C)c2ccccc2-c2ccccc21.CCC. The lowest BCUT2D eigenvalue weighted by Crippen LogP contribution is -2.44. The van der Waals surface area contributed by atoms with E-state index >= 15 is 0 Å². The van der Waals surface area contributed by atoms with Crippen LogP contribution in [0.15, 0.2) is 48.5 Å². The number of hydrogen-bond acceptors (Lipinski definition) is 0. The van der Waals surface area contributed by atoms with Gasteiger partial charge in [0.25, 0.3) is 0 Å². The highest BCUT2D eigenvalue weighted by Gasteiger charge is 2.64. The van der Waals surface area contributed by atoms with Crippen LogP contribution in [-0.2, 0) is 5.41 Å². The predicted octanol–water partition coefficient (Wildman–Crippen LogP) is 11.2. The van der Waals surface area contributed by atoms with Crippen molar-refractivity contribution >= 4 is 0 Å². The Morgan fingerprint density at radius 1 is 0.600 bits per heavy atom. The van der Waals surface area contributed by atoms with Crippen LogP contribution in [0.4, 0.5) is 26.3 Å². The minimum absolute atomic E-state index is 0. The Hall–Kier alpha value is -1.98. The summed E-state index contributed by atoms with van der Waals surface area (Å²) < 4.78 is 69.7. The Kier molecular flexibility index (Phi) is 12.9. The third-order valence-electron chi connectivity index (χ3n) is 4.91. The van der Waals surface area contributed by atoms with Crippen LogP contribution in [0.5, 0.6) is 0 Å². The zero-order valence-corrected chi connectivity index (χ0v) is 22.1. The van der Waals surface area contributed by atoms with E-state index < -0.39 is 17.8 Å². The molecular weight excluding hydrogens is 462 g/mol. The number of alkyl halides is 6. The van der Waals surface area contributed by atoms with Gasteiger partial charge in [0.15, 0.2) is 5.41 Å². The highest BCUT2D eigenvalue weighted by molar-refractivity contribution is 5.80. The fourth-order valence-electron chi connectivity index (χ4n) is 2.83. The van der Waals surface area contributed by atoms with E-state index in [1.807, 2.05) is 0 Å². The Balaban J connectivity index is 0. The molecule has 0 fully saturated rings. The number of hydrogen-bond donors (Lipinski definition) is 0. The number of halogens is 6. The molecule has 0 N–H and O–H groups in total.